The van der Waals surface area contributed by atoms with Gasteiger partial charge in [0.2, 0.25) is 5.79 Å². The number of halogens is 1. The van der Waals surface area contributed by atoms with Crippen molar-refractivity contribution in [3.8, 4) is 11.5 Å². The van der Waals surface area contributed by atoms with E-state index in [1.54, 1.807) is 0 Å². The van der Waals surface area contributed by atoms with Gasteiger partial charge in [-0.05, 0) is 84.1 Å². The van der Waals surface area contributed by atoms with E-state index < -0.39 is 38.3 Å². The number of hydrogen-bond acceptors (Lipinski definition) is 6. The SMILES string of the molecule is CCCCCCCCCCCCCCCCOC[C@H]1O[C@@](O)(c2ccc(Cl)c(Cc3ccc(C#C[Si](C(C)C)(C(C)C)C(C)C)cc3)c2)[C@H](OCCCCCCCCCCCCCCCC)[C@@H](OCCCCCCCCCCCCCCCC)[C@@H]1OCCCCCCCCCCCCCCCC. The number of unbranched alkanes of at least 4 members (excludes halogenated alkanes) is 52. The second kappa shape index (κ2) is 64.1. The molecule has 0 spiro atoms. The minimum atomic E-state index is -1.89. The molecular formula is C94H169ClO6Si. The highest BCUT2D eigenvalue weighted by Gasteiger charge is 2.57. The summed E-state index contributed by atoms with van der Waals surface area (Å²) in [6.07, 6.45) is 71.4. The van der Waals surface area contributed by atoms with Crippen LogP contribution in [0.3, 0.4) is 0 Å². The van der Waals surface area contributed by atoms with Crippen LogP contribution in [0.15, 0.2) is 42.5 Å². The first kappa shape index (κ1) is 94.5. The van der Waals surface area contributed by atoms with Crippen LogP contribution in [0, 0.1) is 11.5 Å². The Hall–Kier alpha value is -1.73. The summed E-state index contributed by atoms with van der Waals surface area (Å²) in [7, 11) is -1.89. The van der Waals surface area contributed by atoms with Crippen LogP contribution in [0.5, 0.6) is 0 Å². The highest BCUT2D eigenvalue weighted by atomic mass is 35.5. The van der Waals surface area contributed by atoms with Crippen molar-refractivity contribution in [1.29, 1.82) is 0 Å². The molecule has 2 aromatic carbocycles. The Morgan fingerprint density at radius 1 is 0.392 bits per heavy atom. The van der Waals surface area contributed by atoms with Gasteiger partial charge in [-0.15, -0.1) is 5.54 Å². The number of hydrogen-bond donors (Lipinski definition) is 1. The van der Waals surface area contributed by atoms with E-state index in [9.17, 15) is 5.11 Å². The average Bonchev–Trinajstić information content (AvgIpc) is 0.745. The molecule has 1 fully saturated rings. The van der Waals surface area contributed by atoms with E-state index >= 15 is 0 Å². The van der Waals surface area contributed by atoms with E-state index in [-0.39, 0.29) is 0 Å². The van der Waals surface area contributed by atoms with Crippen molar-refractivity contribution in [2.24, 2.45) is 0 Å². The minimum Gasteiger partial charge on any atom is -0.379 e. The van der Waals surface area contributed by atoms with E-state index in [2.05, 4.69) is 111 Å². The Morgan fingerprint density at radius 2 is 0.696 bits per heavy atom. The third-order valence-corrected chi connectivity index (χ3v) is 29.8. The van der Waals surface area contributed by atoms with Gasteiger partial charge in [0.1, 0.15) is 32.5 Å². The Morgan fingerprint density at radius 3 is 1.03 bits per heavy atom. The van der Waals surface area contributed by atoms with Crippen LogP contribution in [-0.2, 0) is 35.9 Å². The monoisotopic (exact) mass is 1460 g/mol. The topological polar surface area (TPSA) is 66.4 Å². The third-order valence-electron chi connectivity index (χ3n) is 23.1. The fourth-order valence-corrected chi connectivity index (χ4v) is 21.9. The number of benzene rings is 2. The van der Waals surface area contributed by atoms with Crippen molar-refractivity contribution in [2.75, 3.05) is 33.0 Å². The Labute approximate surface area is 640 Å². The molecule has 0 aliphatic carbocycles. The second-order valence-corrected chi connectivity index (χ2v) is 39.1. The van der Waals surface area contributed by atoms with E-state index in [4.69, 9.17) is 35.3 Å². The van der Waals surface area contributed by atoms with Gasteiger partial charge in [0.05, 0.1) is 6.61 Å². The molecule has 0 aromatic heterocycles. The zero-order valence-corrected chi connectivity index (χ0v) is 71.0. The molecule has 1 N–H and O–H groups in total. The van der Waals surface area contributed by atoms with E-state index in [1.807, 2.05) is 12.1 Å². The predicted octanol–water partition coefficient (Wildman–Crippen LogP) is 30.1. The first-order valence-corrected chi connectivity index (χ1v) is 47.7. The minimum absolute atomic E-state index is 0.305. The molecule has 0 unspecified atom stereocenters. The van der Waals surface area contributed by atoms with Crippen molar-refractivity contribution in [1.82, 2.24) is 0 Å². The highest BCUT2D eigenvalue weighted by Crippen LogP contribution is 2.44. The van der Waals surface area contributed by atoms with Gasteiger partial charge in [-0.2, -0.15) is 0 Å². The molecule has 5 atom stereocenters. The molecule has 2 aromatic rings. The summed E-state index contributed by atoms with van der Waals surface area (Å²) in [6, 6.07) is 14.8. The molecular weight excluding hydrogens is 1290 g/mol. The number of aliphatic hydroxyl groups is 1. The van der Waals surface area contributed by atoms with Gasteiger partial charge in [-0.3, -0.25) is 0 Å². The third kappa shape index (κ3) is 42.9. The maximum absolute atomic E-state index is 13.9. The largest absolute Gasteiger partial charge is 0.379 e. The van der Waals surface area contributed by atoms with Crippen molar-refractivity contribution in [3.63, 3.8) is 0 Å². The van der Waals surface area contributed by atoms with Gasteiger partial charge in [0, 0.05) is 42.6 Å². The Bertz CT molecular complexity index is 2220. The van der Waals surface area contributed by atoms with Crippen LogP contribution in [-0.4, -0.2) is 70.6 Å². The Balaban J connectivity index is 1.94. The molecule has 0 radical (unpaired) electrons. The zero-order chi connectivity index (χ0) is 73.7. The molecule has 8 heteroatoms. The molecule has 0 saturated carbocycles. The van der Waals surface area contributed by atoms with Crippen LogP contribution in [0.25, 0.3) is 0 Å². The van der Waals surface area contributed by atoms with Gasteiger partial charge in [0.25, 0.3) is 0 Å². The molecule has 3 rings (SSSR count). The van der Waals surface area contributed by atoms with Crippen molar-refractivity contribution < 1.29 is 28.8 Å². The molecule has 6 nitrogen and oxygen atoms in total. The maximum Gasteiger partial charge on any atom is 0.222 e. The number of ether oxygens (including phenoxy) is 5. The summed E-state index contributed by atoms with van der Waals surface area (Å²) in [5, 5.41) is 14.6. The predicted molar refractivity (Wildman–Crippen MR) is 449 cm³/mol. The van der Waals surface area contributed by atoms with E-state index in [0.717, 1.165) is 68.1 Å². The quantitative estimate of drug-likeness (QED) is 0.0404. The molecule has 1 aliphatic heterocycles. The second-order valence-electron chi connectivity index (χ2n) is 33.1. The lowest BCUT2D eigenvalue weighted by Gasteiger charge is -2.50. The van der Waals surface area contributed by atoms with Crippen LogP contribution in [0.2, 0.25) is 21.6 Å². The van der Waals surface area contributed by atoms with E-state index in [0.29, 0.717) is 66.7 Å². The van der Waals surface area contributed by atoms with Crippen LogP contribution < -0.4 is 0 Å². The van der Waals surface area contributed by atoms with Crippen molar-refractivity contribution >= 4 is 19.7 Å². The summed E-state index contributed by atoms with van der Waals surface area (Å²) in [5.74, 6) is 1.80. The number of rotatable bonds is 71. The van der Waals surface area contributed by atoms with E-state index in [1.165, 1.54) is 308 Å². The lowest BCUT2D eigenvalue weighted by molar-refractivity contribution is -0.375. The lowest BCUT2D eigenvalue weighted by Crippen LogP contribution is -2.66. The van der Waals surface area contributed by atoms with Crippen LogP contribution in [0.4, 0.5) is 0 Å². The molecule has 102 heavy (non-hydrogen) atoms. The summed E-state index contributed by atoms with van der Waals surface area (Å²) in [5.41, 5.74) is 9.42. The van der Waals surface area contributed by atoms with Gasteiger partial charge in [-0.1, -0.05) is 439 Å². The molecule has 1 heterocycles. The normalized spacial score (nSPS) is 17.2. The molecule has 0 amide bonds. The molecule has 0 bridgehead atoms. The summed E-state index contributed by atoms with van der Waals surface area (Å²) in [6.45, 7) is 26.1. The van der Waals surface area contributed by atoms with Gasteiger partial charge in [0.15, 0.2) is 0 Å². The molecule has 1 saturated heterocycles. The van der Waals surface area contributed by atoms with Gasteiger partial charge >= 0.3 is 0 Å². The zero-order valence-electron chi connectivity index (χ0n) is 69.3. The smallest absolute Gasteiger partial charge is 0.222 e. The average molecular weight is 1460 g/mol. The Kier molecular flexibility index (Phi) is 59.4. The fraction of sp³-hybridized carbons (Fsp3) is 0.851. The molecule has 1 aliphatic rings. The van der Waals surface area contributed by atoms with Gasteiger partial charge in [-0.25, -0.2) is 0 Å². The maximum atomic E-state index is 13.9. The fourth-order valence-electron chi connectivity index (χ4n) is 16.5. The van der Waals surface area contributed by atoms with Crippen molar-refractivity contribution in [3.05, 3.63) is 69.7 Å². The lowest BCUT2D eigenvalue weighted by atomic mass is 9.86. The van der Waals surface area contributed by atoms with Crippen molar-refractivity contribution in [2.45, 2.75) is 482 Å². The first-order valence-electron chi connectivity index (χ1n) is 45.1. The first-order chi connectivity index (χ1) is 49.9. The highest BCUT2D eigenvalue weighted by molar-refractivity contribution is 6.90. The summed E-state index contributed by atoms with van der Waals surface area (Å²) in [4.78, 5) is 0. The molecule has 592 valence electrons. The van der Waals surface area contributed by atoms with Gasteiger partial charge < -0.3 is 28.8 Å². The summed E-state index contributed by atoms with van der Waals surface area (Å²) < 4.78 is 35.8. The van der Waals surface area contributed by atoms with Crippen LogP contribution in [0.1, 0.15) is 451 Å². The summed E-state index contributed by atoms with van der Waals surface area (Å²) >= 11 is 7.25. The standard InChI is InChI=1S/C94H169ClO6Si/c1-11-15-19-23-27-31-35-39-43-47-51-55-59-63-74-97-81-90-91(98-75-64-60-56-52-48-44-40-36-32-28-24-20-16-12-2)92(99-76-65-61-57-53-49-45-41-37-33-29-25-21-17-13-3)93(100-77-66-62-58-54-50-46-42-38-34-30-26-22-18-14-4)94(96,101-90)88-71-72-89(95)87(80-88)79-86-69-67-85(68-70-86)73-78-102(82(5)6,83(7)8)84(9)10/h67-72,80,82-84,90-93,96H,11-66,74-77,79,81H2,1-10H3/t90-,91-,92+,93-,94+/m1/s1. The van der Waals surface area contributed by atoms with Crippen LogP contribution >= 0.6 is 11.6 Å².